The summed E-state index contributed by atoms with van der Waals surface area (Å²) in [6, 6.07) is 2.18. The summed E-state index contributed by atoms with van der Waals surface area (Å²) in [5.41, 5.74) is 2.91. The third-order valence-electron chi connectivity index (χ3n) is 3.95. The second-order valence-electron chi connectivity index (χ2n) is 5.41. The lowest BCUT2D eigenvalue weighted by Crippen LogP contribution is -2.17. The molecular formula is C15H13F2N5. The van der Waals surface area contributed by atoms with Crippen LogP contribution in [-0.2, 0) is 6.42 Å². The monoisotopic (exact) mass is 301 g/mol. The Hall–Kier alpha value is -2.57. The van der Waals surface area contributed by atoms with Crippen molar-refractivity contribution in [2.45, 2.75) is 25.3 Å². The van der Waals surface area contributed by atoms with Gasteiger partial charge in [0.1, 0.15) is 5.82 Å². The number of aromatic amines is 1. The molecule has 0 spiro atoms. The van der Waals surface area contributed by atoms with Gasteiger partial charge in [-0.15, -0.1) is 0 Å². The molecule has 7 heteroatoms. The molecule has 1 aliphatic carbocycles. The predicted molar refractivity (Wildman–Crippen MR) is 77.3 cm³/mol. The summed E-state index contributed by atoms with van der Waals surface area (Å²) in [4.78, 5) is 8.45. The molecule has 1 aromatic carbocycles. The zero-order valence-electron chi connectivity index (χ0n) is 11.6. The topological polar surface area (TPSA) is 66.5 Å². The third kappa shape index (κ3) is 2.18. The van der Waals surface area contributed by atoms with Crippen LogP contribution in [0.4, 0.5) is 14.6 Å². The molecule has 2 aromatic heterocycles. The van der Waals surface area contributed by atoms with E-state index in [1.807, 2.05) is 6.20 Å². The smallest absolute Gasteiger partial charge is 0.161 e. The molecule has 1 aliphatic rings. The highest BCUT2D eigenvalue weighted by Crippen LogP contribution is 2.30. The summed E-state index contributed by atoms with van der Waals surface area (Å²) in [5.74, 6) is -1.31. The van der Waals surface area contributed by atoms with Gasteiger partial charge in [-0.2, -0.15) is 5.10 Å². The van der Waals surface area contributed by atoms with E-state index < -0.39 is 11.6 Å². The van der Waals surface area contributed by atoms with E-state index >= 15 is 0 Å². The molecule has 0 saturated carbocycles. The Labute approximate surface area is 124 Å². The number of nitrogens with one attached hydrogen (secondary N) is 2. The van der Waals surface area contributed by atoms with Crippen molar-refractivity contribution in [1.82, 2.24) is 20.2 Å². The van der Waals surface area contributed by atoms with Crippen molar-refractivity contribution in [3.8, 4) is 0 Å². The SMILES string of the molecule is Fc1cc2ncc(NC3CCCc4cn[nH]c43)nc2cc1F. The molecule has 1 unspecified atom stereocenters. The molecule has 0 radical (unpaired) electrons. The summed E-state index contributed by atoms with van der Waals surface area (Å²) in [5, 5.41) is 10.4. The number of fused-ring (bicyclic) bond motifs is 2. The van der Waals surface area contributed by atoms with Crippen molar-refractivity contribution < 1.29 is 8.78 Å². The summed E-state index contributed by atoms with van der Waals surface area (Å²) in [6.45, 7) is 0. The van der Waals surface area contributed by atoms with E-state index in [9.17, 15) is 8.78 Å². The standard InChI is InChI=1S/C15H13F2N5/c16-9-4-12-13(5-10(9)17)21-14(7-18-12)20-11-3-1-2-8-6-19-22-15(8)11/h4-7,11H,1-3H2,(H,19,22)(H,20,21). The Balaban J connectivity index is 1.67. The fraction of sp³-hybridized carbons (Fsp3) is 0.267. The Bertz CT molecular complexity index is 845. The quantitative estimate of drug-likeness (QED) is 0.763. The van der Waals surface area contributed by atoms with Gasteiger partial charge in [0.05, 0.1) is 35.2 Å². The van der Waals surface area contributed by atoms with Crippen molar-refractivity contribution >= 4 is 16.9 Å². The number of H-pyrrole nitrogens is 1. The predicted octanol–water partition coefficient (Wildman–Crippen LogP) is 3.12. The van der Waals surface area contributed by atoms with Crippen molar-refractivity contribution in [2.75, 3.05) is 5.32 Å². The first-order valence-electron chi connectivity index (χ1n) is 7.11. The molecule has 22 heavy (non-hydrogen) atoms. The van der Waals surface area contributed by atoms with Gasteiger partial charge in [-0.1, -0.05) is 0 Å². The fourth-order valence-corrected chi connectivity index (χ4v) is 2.86. The molecule has 0 saturated heterocycles. The lowest BCUT2D eigenvalue weighted by molar-refractivity contribution is 0.510. The minimum Gasteiger partial charge on any atom is -0.360 e. The normalized spacial score (nSPS) is 17.5. The molecular weight excluding hydrogens is 288 g/mol. The number of aryl methyl sites for hydroxylation is 1. The summed E-state index contributed by atoms with van der Waals surface area (Å²) >= 11 is 0. The lowest BCUT2D eigenvalue weighted by Gasteiger charge is -2.23. The zero-order chi connectivity index (χ0) is 15.1. The molecule has 0 bridgehead atoms. The van der Waals surface area contributed by atoms with Crippen LogP contribution in [0.15, 0.2) is 24.5 Å². The number of rotatable bonds is 2. The maximum absolute atomic E-state index is 13.3. The fourth-order valence-electron chi connectivity index (χ4n) is 2.86. The van der Waals surface area contributed by atoms with Gasteiger partial charge in [-0.3, -0.25) is 10.1 Å². The van der Waals surface area contributed by atoms with E-state index in [4.69, 9.17) is 0 Å². The first kappa shape index (κ1) is 13.1. The Morgan fingerprint density at radius 1 is 1.14 bits per heavy atom. The van der Waals surface area contributed by atoms with E-state index in [-0.39, 0.29) is 6.04 Å². The summed E-state index contributed by atoms with van der Waals surface area (Å²) in [7, 11) is 0. The van der Waals surface area contributed by atoms with E-state index in [0.717, 1.165) is 37.1 Å². The van der Waals surface area contributed by atoms with Gasteiger partial charge in [-0.05, 0) is 24.8 Å². The number of halogens is 2. The number of hydrogen-bond donors (Lipinski definition) is 2. The van der Waals surface area contributed by atoms with Crippen LogP contribution >= 0.6 is 0 Å². The van der Waals surface area contributed by atoms with Gasteiger partial charge in [-0.25, -0.2) is 13.8 Å². The second kappa shape index (κ2) is 5.01. The van der Waals surface area contributed by atoms with Crippen LogP contribution in [0.3, 0.4) is 0 Å². The largest absolute Gasteiger partial charge is 0.360 e. The van der Waals surface area contributed by atoms with Gasteiger partial charge < -0.3 is 5.32 Å². The highest BCUT2D eigenvalue weighted by Gasteiger charge is 2.22. The molecule has 1 atom stereocenters. The van der Waals surface area contributed by atoms with E-state index in [1.165, 1.54) is 11.8 Å². The molecule has 2 heterocycles. The van der Waals surface area contributed by atoms with Crippen molar-refractivity contribution in [3.63, 3.8) is 0 Å². The van der Waals surface area contributed by atoms with E-state index in [1.54, 1.807) is 0 Å². The Morgan fingerprint density at radius 3 is 2.82 bits per heavy atom. The number of anilines is 1. The molecule has 0 amide bonds. The van der Waals surface area contributed by atoms with E-state index in [0.29, 0.717) is 16.9 Å². The Kier molecular flexibility index (Phi) is 2.99. The van der Waals surface area contributed by atoms with Crippen LogP contribution in [0.2, 0.25) is 0 Å². The van der Waals surface area contributed by atoms with Gasteiger partial charge in [0, 0.05) is 12.1 Å². The van der Waals surface area contributed by atoms with Crippen molar-refractivity contribution in [3.05, 3.63) is 47.4 Å². The maximum Gasteiger partial charge on any atom is 0.161 e. The van der Waals surface area contributed by atoms with Crippen LogP contribution < -0.4 is 5.32 Å². The third-order valence-corrected chi connectivity index (χ3v) is 3.95. The maximum atomic E-state index is 13.3. The lowest BCUT2D eigenvalue weighted by atomic mass is 9.94. The average molecular weight is 301 g/mol. The molecule has 3 aromatic rings. The molecule has 5 nitrogen and oxygen atoms in total. The average Bonchev–Trinajstić information content (AvgIpc) is 2.98. The first-order valence-corrected chi connectivity index (χ1v) is 7.11. The van der Waals surface area contributed by atoms with E-state index in [2.05, 4.69) is 25.5 Å². The van der Waals surface area contributed by atoms with Crippen molar-refractivity contribution in [2.24, 2.45) is 0 Å². The van der Waals surface area contributed by atoms with Crippen LogP contribution in [0.25, 0.3) is 11.0 Å². The molecule has 112 valence electrons. The Morgan fingerprint density at radius 2 is 1.95 bits per heavy atom. The first-order chi connectivity index (χ1) is 10.7. The highest BCUT2D eigenvalue weighted by molar-refractivity contribution is 5.75. The molecule has 0 aliphatic heterocycles. The number of nitrogens with zero attached hydrogens (tertiary/aromatic N) is 3. The minimum atomic E-state index is -0.924. The highest BCUT2D eigenvalue weighted by atomic mass is 19.2. The summed E-state index contributed by atoms with van der Waals surface area (Å²) in [6.07, 6.45) is 6.40. The van der Waals surface area contributed by atoms with Gasteiger partial charge in [0.25, 0.3) is 0 Å². The number of benzene rings is 1. The van der Waals surface area contributed by atoms with Gasteiger partial charge in [0.15, 0.2) is 11.6 Å². The van der Waals surface area contributed by atoms with Crippen LogP contribution in [0.5, 0.6) is 0 Å². The van der Waals surface area contributed by atoms with Crippen molar-refractivity contribution in [1.29, 1.82) is 0 Å². The summed E-state index contributed by atoms with van der Waals surface area (Å²) < 4.78 is 26.5. The molecule has 4 rings (SSSR count). The van der Waals surface area contributed by atoms with Crippen LogP contribution in [0.1, 0.15) is 30.1 Å². The molecule has 0 fully saturated rings. The molecule has 2 N–H and O–H groups in total. The van der Waals surface area contributed by atoms with Gasteiger partial charge >= 0.3 is 0 Å². The second-order valence-corrected chi connectivity index (χ2v) is 5.41. The van der Waals surface area contributed by atoms with Crippen LogP contribution in [-0.4, -0.2) is 20.2 Å². The number of aromatic nitrogens is 4. The zero-order valence-corrected chi connectivity index (χ0v) is 11.6. The minimum absolute atomic E-state index is 0.0725. The van der Waals surface area contributed by atoms with Crippen LogP contribution in [0, 0.1) is 11.6 Å². The van der Waals surface area contributed by atoms with Gasteiger partial charge in [0.2, 0.25) is 0 Å². The number of hydrogen-bond acceptors (Lipinski definition) is 4.